The van der Waals surface area contributed by atoms with Gasteiger partial charge >= 0.3 is 0 Å². The fourth-order valence-electron chi connectivity index (χ4n) is 3.02. The summed E-state index contributed by atoms with van der Waals surface area (Å²) in [7, 11) is 2.26. The highest BCUT2D eigenvalue weighted by Gasteiger charge is 2.25. The molecule has 0 aliphatic heterocycles. The molecule has 0 amide bonds. The van der Waals surface area contributed by atoms with Crippen molar-refractivity contribution in [2.45, 2.75) is 44.0 Å². The SMILES string of the molecule is CC1CCCCC1N(C)c1ccccc1CBr. The number of nitrogens with zero attached hydrogens (tertiary/aromatic N) is 1. The largest absolute Gasteiger partial charge is 0.371 e. The number of para-hydroxylation sites is 1. The molecule has 0 N–H and O–H groups in total. The van der Waals surface area contributed by atoms with E-state index in [0.717, 1.165) is 11.2 Å². The molecule has 1 aliphatic carbocycles. The van der Waals surface area contributed by atoms with E-state index in [4.69, 9.17) is 0 Å². The van der Waals surface area contributed by atoms with Gasteiger partial charge < -0.3 is 4.90 Å². The van der Waals surface area contributed by atoms with Crippen LogP contribution in [-0.4, -0.2) is 13.1 Å². The van der Waals surface area contributed by atoms with Crippen LogP contribution in [0.5, 0.6) is 0 Å². The molecular weight excluding hydrogens is 274 g/mol. The first kappa shape index (κ1) is 12.9. The van der Waals surface area contributed by atoms with E-state index in [1.165, 1.54) is 36.9 Å². The van der Waals surface area contributed by atoms with Crippen LogP contribution in [0.15, 0.2) is 24.3 Å². The minimum absolute atomic E-state index is 0.712. The number of halogens is 1. The number of anilines is 1. The van der Waals surface area contributed by atoms with Crippen molar-refractivity contribution in [2.75, 3.05) is 11.9 Å². The quantitative estimate of drug-likeness (QED) is 0.737. The molecule has 1 saturated carbocycles. The van der Waals surface area contributed by atoms with Gasteiger partial charge in [-0.15, -0.1) is 0 Å². The van der Waals surface area contributed by atoms with Gasteiger partial charge in [0.15, 0.2) is 0 Å². The Hall–Kier alpha value is -0.500. The van der Waals surface area contributed by atoms with Crippen LogP contribution in [0.1, 0.15) is 38.2 Å². The molecule has 1 nitrogen and oxygen atoms in total. The lowest BCUT2D eigenvalue weighted by molar-refractivity contribution is 0.321. The zero-order chi connectivity index (χ0) is 12.3. The van der Waals surface area contributed by atoms with Crippen LogP contribution in [0.2, 0.25) is 0 Å². The Kier molecular flexibility index (Phi) is 4.49. The maximum absolute atomic E-state index is 3.59. The number of rotatable bonds is 3. The number of hydrogen-bond acceptors (Lipinski definition) is 1. The molecule has 2 heteroatoms. The number of hydrogen-bond donors (Lipinski definition) is 0. The highest BCUT2D eigenvalue weighted by atomic mass is 79.9. The molecule has 2 rings (SSSR count). The van der Waals surface area contributed by atoms with Crippen LogP contribution in [0.3, 0.4) is 0 Å². The molecule has 0 spiro atoms. The first-order chi connectivity index (χ1) is 8.24. The predicted molar refractivity (Wildman–Crippen MR) is 78.9 cm³/mol. The summed E-state index contributed by atoms with van der Waals surface area (Å²) in [6, 6.07) is 9.44. The van der Waals surface area contributed by atoms with Gasteiger partial charge in [0.1, 0.15) is 0 Å². The third-order valence-electron chi connectivity index (χ3n) is 4.08. The van der Waals surface area contributed by atoms with Gasteiger partial charge in [0.05, 0.1) is 0 Å². The number of benzene rings is 1. The smallest absolute Gasteiger partial charge is 0.0407 e. The molecule has 0 bridgehead atoms. The molecule has 17 heavy (non-hydrogen) atoms. The minimum Gasteiger partial charge on any atom is -0.371 e. The van der Waals surface area contributed by atoms with Crippen LogP contribution >= 0.6 is 15.9 Å². The van der Waals surface area contributed by atoms with Crippen molar-refractivity contribution in [1.29, 1.82) is 0 Å². The summed E-state index contributed by atoms with van der Waals surface area (Å²) in [6.45, 7) is 2.40. The zero-order valence-corrected chi connectivity index (χ0v) is 12.4. The molecule has 94 valence electrons. The summed E-state index contributed by atoms with van der Waals surface area (Å²) in [5.74, 6) is 0.817. The maximum atomic E-state index is 3.59. The van der Waals surface area contributed by atoms with Gasteiger partial charge in [-0.05, 0) is 30.4 Å². The highest BCUT2D eigenvalue weighted by molar-refractivity contribution is 9.08. The third-order valence-corrected chi connectivity index (χ3v) is 4.68. The molecule has 0 heterocycles. The fourth-order valence-corrected chi connectivity index (χ4v) is 3.49. The van der Waals surface area contributed by atoms with Gasteiger partial charge in [0.25, 0.3) is 0 Å². The molecule has 0 radical (unpaired) electrons. The molecule has 0 saturated heterocycles. The van der Waals surface area contributed by atoms with Crippen molar-refractivity contribution in [3.63, 3.8) is 0 Å². The van der Waals surface area contributed by atoms with Crippen molar-refractivity contribution in [3.05, 3.63) is 29.8 Å². The Morgan fingerprint density at radius 1 is 1.24 bits per heavy atom. The van der Waals surface area contributed by atoms with E-state index in [9.17, 15) is 0 Å². The lowest BCUT2D eigenvalue weighted by Crippen LogP contribution is -2.39. The molecule has 1 fully saturated rings. The van der Waals surface area contributed by atoms with E-state index in [-0.39, 0.29) is 0 Å². The van der Waals surface area contributed by atoms with Crippen molar-refractivity contribution in [3.8, 4) is 0 Å². The monoisotopic (exact) mass is 295 g/mol. The van der Waals surface area contributed by atoms with Crippen molar-refractivity contribution in [2.24, 2.45) is 5.92 Å². The van der Waals surface area contributed by atoms with E-state index in [0.29, 0.717) is 6.04 Å². The van der Waals surface area contributed by atoms with Gasteiger partial charge in [-0.3, -0.25) is 0 Å². The second-order valence-electron chi connectivity index (χ2n) is 5.20. The summed E-state index contributed by atoms with van der Waals surface area (Å²) >= 11 is 3.59. The fraction of sp³-hybridized carbons (Fsp3) is 0.600. The second kappa shape index (κ2) is 5.90. The van der Waals surface area contributed by atoms with Gasteiger partial charge in [-0.25, -0.2) is 0 Å². The molecular formula is C15H22BrN. The lowest BCUT2D eigenvalue weighted by atomic mass is 9.85. The summed E-state index contributed by atoms with van der Waals surface area (Å²) < 4.78 is 0. The number of alkyl halides is 1. The molecule has 1 aromatic rings. The summed E-state index contributed by atoms with van der Waals surface area (Å²) in [5, 5.41) is 0.939. The Labute approximate surface area is 113 Å². The first-order valence-electron chi connectivity index (χ1n) is 6.60. The van der Waals surface area contributed by atoms with E-state index in [1.54, 1.807) is 0 Å². The van der Waals surface area contributed by atoms with Crippen molar-refractivity contribution in [1.82, 2.24) is 0 Å². The standard InChI is InChI=1S/C15H22BrN/c1-12-7-3-5-9-14(12)17(2)15-10-6-4-8-13(15)11-16/h4,6,8,10,12,14H,3,5,7,9,11H2,1-2H3. The molecule has 2 unspecified atom stereocenters. The van der Waals surface area contributed by atoms with Crippen LogP contribution in [0.25, 0.3) is 0 Å². The van der Waals surface area contributed by atoms with Gasteiger partial charge in [-0.1, -0.05) is 53.9 Å². The maximum Gasteiger partial charge on any atom is 0.0407 e. The van der Waals surface area contributed by atoms with Crippen LogP contribution in [-0.2, 0) is 5.33 Å². The molecule has 0 aromatic heterocycles. The van der Waals surface area contributed by atoms with E-state index in [2.05, 4.69) is 59.1 Å². The first-order valence-corrected chi connectivity index (χ1v) is 7.73. The predicted octanol–water partition coefficient (Wildman–Crippen LogP) is 4.60. The van der Waals surface area contributed by atoms with Gasteiger partial charge in [0.2, 0.25) is 0 Å². The molecule has 1 aliphatic rings. The Morgan fingerprint density at radius 3 is 2.65 bits per heavy atom. The topological polar surface area (TPSA) is 3.24 Å². The third kappa shape index (κ3) is 2.85. The van der Waals surface area contributed by atoms with Crippen LogP contribution in [0, 0.1) is 5.92 Å². The highest BCUT2D eigenvalue weighted by Crippen LogP contribution is 2.32. The van der Waals surface area contributed by atoms with E-state index >= 15 is 0 Å². The van der Waals surface area contributed by atoms with Crippen molar-refractivity contribution < 1.29 is 0 Å². The van der Waals surface area contributed by atoms with Crippen molar-refractivity contribution >= 4 is 21.6 Å². The average Bonchev–Trinajstić information content (AvgIpc) is 2.38. The van der Waals surface area contributed by atoms with E-state index in [1.807, 2.05) is 0 Å². The zero-order valence-electron chi connectivity index (χ0n) is 10.8. The van der Waals surface area contributed by atoms with Crippen LogP contribution < -0.4 is 4.90 Å². The van der Waals surface area contributed by atoms with Gasteiger partial charge in [0, 0.05) is 24.1 Å². The van der Waals surface area contributed by atoms with Gasteiger partial charge in [-0.2, -0.15) is 0 Å². The summed E-state index contributed by atoms with van der Waals surface area (Å²) in [5.41, 5.74) is 2.79. The Morgan fingerprint density at radius 2 is 1.94 bits per heavy atom. The lowest BCUT2D eigenvalue weighted by Gasteiger charge is -2.38. The molecule has 2 atom stereocenters. The Bertz CT molecular complexity index is 364. The summed E-state index contributed by atoms with van der Waals surface area (Å²) in [6.07, 6.45) is 5.52. The minimum atomic E-state index is 0.712. The average molecular weight is 296 g/mol. The van der Waals surface area contributed by atoms with Crippen LogP contribution in [0.4, 0.5) is 5.69 Å². The normalized spacial score (nSPS) is 24.6. The molecule has 1 aromatic carbocycles. The summed E-state index contributed by atoms with van der Waals surface area (Å²) in [4.78, 5) is 2.50. The Balaban J connectivity index is 2.20. The second-order valence-corrected chi connectivity index (χ2v) is 5.76. The van der Waals surface area contributed by atoms with E-state index < -0.39 is 0 Å².